The Bertz CT molecular complexity index is 529. The molecule has 2 aromatic carbocycles. The van der Waals surface area contributed by atoms with E-state index in [0.717, 1.165) is 10.0 Å². The maximum absolute atomic E-state index is 9.29. The molecular formula is C13H10BrClO2. The maximum Gasteiger partial charge on any atom is 0.123 e. The van der Waals surface area contributed by atoms with Gasteiger partial charge in [0.2, 0.25) is 0 Å². The average molecular weight is 314 g/mol. The topological polar surface area (TPSA) is 29.5 Å². The number of halogens is 2. The second-order valence-corrected chi connectivity index (χ2v) is 4.84. The summed E-state index contributed by atoms with van der Waals surface area (Å²) in [6.07, 6.45) is 0. The van der Waals surface area contributed by atoms with Gasteiger partial charge in [-0.3, -0.25) is 0 Å². The standard InChI is InChI=1S/C13H10BrClO2/c14-10-5-4-9(13(15)6-10)8-17-12-3-1-2-11(16)7-12/h1-7,16H,8H2. The van der Waals surface area contributed by atoms with Crippen LogP contribution in [0.25, 0.3) is 0 Å². The lowest BCUT2D eigenvalue weighted by Crippen LogP contribution is -1.96. The zero-order valence-electron chi connectivity index (χ0n) is 8.86. The predicted molar refractivity (Wildman–Crippen MR) is 71.6 cm³/mol. The number of hydrogen-bond donors (Lipinski definition) is 1. The van der Waals surface area contributed by atoms with Crippen LogP contribution in [0.2, 0.25) is 5.02 Å². The molecule has 17 heavy (non-hydrogen) atoms. The van der Waals surface area contributed by atoms with Gasteiger partial charge in [-0.25, -0.2) is 0 Å². The fourth-order valence-electron chi connectivity index (χ4n) is 1.37. The minimum Gasteiger partial charge on any atom is -0.508 e. The maximum atomic E-state index is 9.29. The summed E-state index contributed by atoms with van der Waals surface area (Å²) >= 11 is 9.41. The Kier molecular flexibility index (Phi) is 3.92. The van der Waals surface area contributed by atoms with Gasteiger partial charge in [-0.2, -0.15) is 0 Å². The summed E-state index contributed by atoms with van der Waals surface area (Å²) in [7, 11) is 0. The van der Waals surface area contributed by atoms with E-state index in [2.05, 4.69) is 15.9 Å². The quantitative estimate of drug-likeness (QED) is 0.911. The minimum absolute atomic E-state index is 0.185. The predicted octanol–water partition coefficient (Wildman–Crippen LogP) is 4.39. The monoisotopic (exact) mass is 312 g/mol. The van der Waals surface area contributed by atoms with Crippen molar-refractivity contribution in [2.75, 3.05) is 0 Å². The molecule has 0 saturated carbocycles. The Hall–Kier alpha value is -1.19. The summed E-state index contributed by atoms with van der Waals surface area (Å²) in [5.41, 5.74) is 0.901. The van der Waals surface area contributed by atoms with Crippen LogP contribution in [-0.4, -0.2) is 5.11 Å². The van der Waals surface area contributed by atoms with Gasteiger partial charge < -0.3 is 9.84 Å². The molecule has 0 bridgehead atoms. The van der Waals surface area contributed by atoms with E-state index >= 15 is 0 Å². The molecule has 0 saturated heterocycles. The first-order chi connectivity index (χ1) is 8.15. The largest absolute Gasteiger partial charge is 0.508 e. The van der Waals surface area contributed by atoms with Gasteiger partial charge in [0.05, 0.1) is 0 Å². The van der Waals surface area contributed by atoms with Gasteiger partial charge in [0.25, 0.3) is 0 Å². The first-order valence-electron chi connectivity index (χ1n) is 5.01. The highest BCUT2D eigenvalue weighted by Crippen LogP contribution is 2.24. The van der Waals surface area contributed by atoms with Crippen molar-refractivity contribution in [1.29, 1.82) is 0 Å². The molecule has 0 spiro atoms. The van der Waals surface area contributed by atoms with Crippen molar-refractivity contribution in [3.63, 3.8) is 0 Å². The molecule has 0 aliphatic rings. The Morgan fingerprint density at radius 3 is 2.71 bits per heavy atom. The van der Waals surface area contributed by atoms with Crippen molar-refractivity contribution in [1.82, 2.24) is 0 Å². The second kappa shape index (κ2) is 5.43. The van der Waals surface area contributed by atoms with Crippen LogP contribution in [-0.2, 0) is 6.61 Å². The molecule has 2 rings (SSSR count). The van der Waals surface area contributed by atoms with Crippen molar-refractivity contribution in [2.24, 2.45) is 0 Å². The molecule has 2 aromatic rings. The second-order valence-electron chi connectivity index (χ2n) is 3.52. The highest BCUT2D eigenvalue weighted by Gasteiger charge is 2.02. The molecule has 2 nitrogen and oxygen atoms in total. The Morgan fingerprint density at radius 1 is 1.18 bits per heavy atom. The van der Waals surface area contributed by atoms with Crippen molar-refractivity contribution >= 4 is 27.5 Å². The summed E-state index contributed by atoms with van der Waals surface area (Å²) < 4.78 is 6.47. The number of benzene rings is 2. The van der Waals surface area contributed by atoms with Gasteiger partial charge in [-0.05, 0) is 24.3 Å². The van der Waals surface area contributed by atoms with E-state index in [1.807, 2.05) is 18.2 Å². The summed E-state index contributed by atoms with van der Waals surface area (Å²) in [5.74, 6) is 0.799. The Balaban J connectivity index is 2.07. The molecule has 1 N–H and O–H groups in total. The number of phenols is 1. The molecular weight excluding hydrogens is 303 g/mol. The highest BCUT2D eigenvalue weighted by atomic mass is 79.9. The van der Waals surface area contributed by atoms with Crippen LogP contribution in [0.15, 0.2) is 46.9 Å². The van der Waals surface area contributed by atoms with Crippen LogP contribution in [0.3, 0.4) is 0 Å². The minimum atomic E-state index is 0.185. The summed E-state index contributed by atoms with van der Waals surface area (Å²) in [6, 6.07) is 12.3. The molecule has 88 valence electrons. The first kappa shape index (κ1) is 12.3. The Labute approximate surface area is 113 Å². The molecule has 0 aromatic heterocycles. The Morgan fingerprint density at radius 2 is 2.00 bits per heavy atom. The van der Waals surface area contributed by atoms with E-state index in [1.165, 1.54) is 0 Å². The molecule has 0 aliphatic carbocycles. The van der Waals surface area contributed by atoms with Crippen LogP contribution >= 0.6 is 27.5 Å². The van der Waals surface area contributed by atoms with Crippen LogP contribution in [0.5, 0.6) is 11.5 Å². The summed E-state index contributed by atoms with van der Waals surface area (Å²) in [5, 5.41) is 9.94. The van der Waals surface area contributed by atoms with Gasteiger partial charge >= 0.3 is 0 Å². The third-order valence-corrected chi connectivity index (χ3v) is 3.07. The molecule has 0 aliphatic heterocycles. The lowest BCUT2D eigenvalue weighted by molar-refractivity contribution is 0.304. The van der Waals surface area contributed by atoms with Gasteiger partial charge in [0.1, 0.15) is 18.1 Å². The van der Waals surface area contributed by atoms with Gasteiger partial charge in [0, 0.05) is 21.1 Å². The fourth-order valence-corrected chi connectivity index (χ4v) is 2.10. The summed E-state index contributed by atoms with van der Waals surface area (Å²) in [6.45, 7) is 0.371. The molecule has 0 fully saturated rings. The van der Waals surface area contributed by atoms with E-state index in [1.54, 1.807) is 24.3 Å². The molecule has 4 heteroatoms. The van der Waals surface area contributed by atoms with E-state index in [0.29, 0.717) is 17.4 Å². The first-order valence-corrected chi connectivity index (χ1v) is 6.18. The van der Waals surface area contributed by atoms with Crippen LogP contribution in [0.4, 0.5) is 0 Å². The molecule has 0 unspecified atom stereocenters. The van der Waals surface area contributed by atoms with Crippen molar-refractivity contribution < 1.29 is 9.84 Å². The number of aromatic hydroxyl groups is 1. The third kappa shape index (κ3) is 3.38. The van der Waals surface area contributed by atoms with Crippen molar-refractivity contribution in [3.8, 4) is 11.5 Å². The van der Waals surface area contributed by atoms with Crippen LogP contribution in [0.1, 0.15) is 5.56 Å². The zero-order valence-corrected chi connectivity index (χ0v) is 11.2. The summed E-state index contributed by atoms with van der Waals surface area (Å²) in [4.78, 5) is 0. The van der Waals surface area contributed by atoms with E-state index < -0.39 is 0 Å². The van der Waals surface area contributed by atoms with Gasteiger partial charge in [0.15, 0.2) is 0 Å². The van der Waals surface area contributed by atoms with Gasteiger partial charge in [-0.15, -0.1) is 0 Å². The molecule has 0 atom stereocenters. The van der Waals surface area contributed by atoms with Crippen LogP contribution < -0.4 is 4.74 Å². The lowest BCUT2D eigenvalue weighted by Gasteiger charge is -2.08. The number of hydrogen-bond acceptors (Lipinski definition) is 2. The van der Waals surface area contributed by atoms with E-state index in [9.17, 15) is 5.11 Å². The van der Waals surface area contributed by atoms with E-state index in [-0.39, 0.29) is 5.75 Å². The highest BCUT2D eigenvalue weighted by molar-refractivity contribution is 9.10. The SMILES string of the molecule is Oc1cccc(OCc2ccc(Br)cc2Cl)c1. The smallest absolute Gasteiger partial charge is 0.123 e. The third-order valence-electron chi connectivity index (χ3n) is 2.23. The molecule has 0 heterocycles. The molecule has 0 radical (unpaired) electrons. The molecule has 0 amide bonds. The number of ether oxygens (including phenoxy) is 1. The van der Waals surface area contributed by atoms with Gasteiger partial charge in [-0.1, -0.05) is 39.7 Å². The number of rotatable bonds is 3. The average Bonchev–Trinajstić information content (AvgIpc) is 2.28. The fraction of sp³-hybridized carbons (Fsp3) is 0.0769. The van der Waals surface area contributed by atoms with Crippen LogP contribution in [0, 0.1) is 0 Å². The van der Waals surface area contributed by atoms with Crippen molar-refractivity contribution in [2.45, 2.75) is 6.61 Å². The normalized spacial score (nSPS) is 10.2. The zero-order chi connectivity index (χ0) is 12.3. The number of phenolic OH excluding ortho intramolecular Hbond substituents is 1. The lowest BCUT2D eigenvalue weighted by atomic mass is 10.2. The van der Waals surface area contributed by atoms with Crippen molar-refractivity contribution in [3.05, 3.63) is 57.5 Å². The van der Waals surface area contributed by atoms with E-state index in [4.69, 9.17) is 16.3 Å².